The minimum Gasteiger partial charge on any atom is -0.314 e. The van der Waals surface area contributed by atoms with Crippen molar-refractivity contribution in [2.45, 2.75) is 57.9 Å². The first-order chi connectivity index (χ1) is 9.29. The van der Waals surface area contributed by atoms with Gasteiger partial charge in [0.05, 0.1) is 0 Å². The highest BCUT2D eigenvalue weighted by atomic mass is 14.9. The Morgan fingerprint density at radius 2 is 1.89 bits per heavy atom. The van der Waals surface area contributed by atoms with Crippen LogP contribution >= 0.6 is 0 Å². The molecule has 0 spiro atoms. The molecule has 0 aliphatic carbocycles. The van der Waals surface area contributed by atoms with Gasteiger partial charge in [-0.15, -0.1) is 6.58 Å². The summed E-state index contributed by atoms with van der Waals surface area (Å²) in [6.45, 7) is 9.37. The number of benzene rings is 1. The van der Waals surface area contributed by atoms with Crippen LogP contribution in [0.5, 0.6) is 0 Å². The quantitative estimate of drug-likeness (QED) is 0.465. The Hall–Kier alpha value is -1.08. The Morgan fingerprint density at radius 3 is 2.53 bits per heavy atom. The predicted molar refractivity (Wildman–Crippen MR) is 85.6 cm³/mol. The van der Waals surface area contributed by atoms with Gasteiger partial charge in [-0.25, -0.2) is 0 Å². The molecule has 0 amide bonds. The molecule has 0 saturated carbocycles. The van der Waals surface area contributed by atoms with Crippen molar-refractivity contribution in [1.82, 2.24) is 5.32 Å². The molecule has 0 aromatic heterocycles. The largest absolute Gasteiger partial charge is 0.314 e. The zero-order valence-electron chi connectivity index (χ0n) is 12.6. The lowest BCUT2D eigenvalue weighted by Gasteiger charge is -2.25. The van der Waals surface area contributed by atoms with Gasteiger partial charge < -0.3 is 5.32 Å². The summed E-state index contributed by atoms with van der Waals surface area (Å²) in [4.78, 5) is 0. The maximum absolute atomic E-state index is 3.78. The van der Waals surface area contributed by atoms with Crippen molar-refractivity contribution in [3.05, 3.63) is 48.6 Å². The fraction of sp³-hybridized carbons (Fsp3) is 0.556. The standard InChI is InChI=1S/C18H29N/c1-4-6-7-8-12-15-18(19-5-2)16(3)17-13-10-9-11-14-17/h4,9-11,13-14,16,18-19H,1,5-8,12,15H2,2-3H3. The van der Waals surface area contributed by atoms with Gasteiger partial charge in [-0.3, -0.25) is 0 Å². The molecule has 106 valence electrons. The Morgan fingerprint density at radius 1 is 1.16 bits per heavy atom. The average Bonchev–Trinajstić information content (AvgIpc) is 2.46. The van der Waals surface area contributed by atoms with Crippen LogP contribution in [0, 0.1) is 0 Å². The van der Waals surface area contributed by atoms with E-state index in [1.54, 1.807) is 0 Å². The third-order valence-corrected chi connectivity index (χ3v) is 3.82. The third kappa shape index (κ3) is 6.07. The van der Waals surface area contributed by atoms with Crippen LogP contribution in [0.1, 0.15) is 57.4 Å². The summed E-state index contributed by atoms with van der Waals surface area (Å²) in [6, 6.07) is 11.4. The van der Waals surface area contributed by atoms with Crippen molar-refractivity contribution in [2.24, 2.45) is 0 Å². The summed E-state index contributed by atoms with van der Waals surface area (Å²) in [5, 5.41) is 3.65. The molecule has 2 unspecified atom stereocenters. The van der Waals surface area contributed by atoms with Crippen molar-refractivity contribution in [1.29, 1.82) is 0 Å². The second-order valence-corrected chi connectivity index (χ2v) is 5.29. The van der Waals surface area contributed by atoms with Crippen molar-refractivity contribution in [2.75, 3.05) is 6.54 Å². The fourth-order valence-corrected chi connectivity index (χ4v) is 2.61. The highest BCUT2D eigenvalue weighted by Crippen LogP contribution is 2.22. The van der Waals surface area contributed by atoms with E-state index in [0.717, 1.165) is 13.0 Å². The number of unbranched alkanes of at least 4 members (excludes halogenated alkanes) is 3. The molecule has 1 aromatic rings. The molecule has 0 heterocycles. The molecule has 0 fully saturated rings. The lowest BCUT2D eigenvalue weighted by Crippen LogP contribution is -2.33. The first kappa shape index (κ1) is 16.0. The van der Waals surface area contributed by atoms with E-state index in [1.165, 1.54) is 31.2 Å². The molecule has 19 heavy (non-hydrogen) atoms. The zero-order chi connectivity index (χ0) is 13.9. The smallest absolute Gasteiger partial charge is 0.0133 e. The minimum atomic E-state index is 0.584. The first-order valence-electron chi connectivity index (χ1n) is 7.68. The van der Waals surface area contributed by atoms with Crippen LogP contribution in [0.2, 0.25) is 0 Å². The van der Waals surface area contributed by atoms with Gasteiger partial charge in [0.1, 0.15) is 0 Å². The normalized spacial score (nSPS) is 14.0. The van der Waals surface area contributed by atoms with Gasteiger partial charge in [0, 0.05) is 6.04 Å². The van der Waals surface area contributed by atoms with Crippen molar-refractivity contribution >= 4 is 0 Å². The lowest BCUT2D eigenvalue weighted by molar-refractivity contribution is 0.415. The SMILES string of the molecule is C=CCCCCCC(NCC)C(C)c1ccccc1. The number of nitrogens with one attached hydrogen (secondary N) is 1. The number of hydrogen-bond acceptors (Lipinski definition) is 1. The van der Waals surface area contributed by atoms with Gasteiger partial charge in [-0.2, -0.15) is 0 Å². The van der Waals surface area contributed by atoms with E-state index in [1.807, 2.05) is 6.08 Å². The zero-order valence-corrected chi connectivity index (χ0v) is 12.6. The summed E-state index contributed by atoms with van der Waals surface area (Å²) in [5.41, 5.74) is 1.44. The predicted octanol–water partition coefficient (Wildman–Crippen LogP) is 4.90. The Bertz CT molecular complexity index is 331. The van der Waals surface area contributed by atoms with E-state index in [0.29, 0.717) is 12.0 Å². The average molecular weight is 259 g/mol. The molecule has 2 atom stereocenters. The van der Waals surface area contributed by atoms with Gasteiger partial charge >= 0.3 is 0 Å². The number of likely N-dealkylation sites (N-methyl/N-ethyl adjacent to an activating group) is 1. The van der Waals surface area contributed by atoms with Crippen molar-refractivity contribution in [3.63, 3.8) is 0 Å². The molecule has 1 heteroatoms. The van der Waals surface area contributed by atoms with Gasteiger partial charge in [-0.05, 0) is 37.3 Å². The summed E-state index contributed by atoms with van der Waals surface area (Å²) < 4.78 is 0. The van der Waals surface area contributed by atoms with E-state index in [2.05, 4.69) is 56.1 Å². The van der Waals surface area contributed by atoms with Crippen LogP contribution in [-0.2, 0) is 0 Å². The third-order valence-electron chi connectivity index (χ3n) is 3.82. The number of rotatable bonds is 10. The van der Waals surface area contributed by atoms with Gasteiger partial charge in [0.25, 0.3) is 0 Å². The van der Waals surface area contributed by atoms with E-state index in [-0.39, 0.29) is 0 Å². The molecule has 0 saturated heterocycles. The summed E-state index contributed by atoms with van der Waals surface area (Å²) in [7, 11) is 0. The second kappa shape index (κ2) is 9.80. The Kier molecular flexibility index (Phi) is 8.24. The topological polar surface area (TPSA) is 12.0 Å². The number of allylic oxidation sites excluding steroid dienone is 1. The minimum absolute atomic E-state index is 0.584. The summed E-state index contributed by atoms with van der Waals surface area (Å²) in [5.74, 6) is 0.584. The van der Waals surface area contributed by atoms with Crippen LogP contribution in [0.25, 0.3) is 0 Å². The highest BCUT2D eigenvalue weighted by Gasteiger charge is 2.17. The van der Waals surface area contributed by atoms with Crippen molar-refractivity contribution < 1.29 is 0 Å². The van der Waals surface area contributed by atoms with Gasteiger partial charge in [-0.1, -0.05) is 63.1 Å². The monoisotopic (exact) mass is 259 g/mol. The number of hydrogen-bond donors (Lipinski definition) is 1. The molecule has 1 N–H and O–H groups in total. The molecular weight excluding hydrogens is 230 g/mol. The lowest BCUT2D eigenvalue weighted by atomic mass is 9.89. The maximum atomic E-state index is 3.78. The molecule has 0 radical (unpaired) electrons. The first-order valence-corrected chi connectivity index (χ1v) is 7.68. The molecule has 1 nitrogen and oxygen atoms in total. The van der Waals surface area contributed by atoms with Gasteiger partial charge in [0.15, 0.2) is 0 Å². The van der Waals surface area contributed by atoms with Gasteiger partial charge in [0.2, 0.25) is 0 Å². The Labute approximate surface area is 119 Å². The maximum Gasteiger partial charge on any atom is 0.0133 e. The second-order valence-electron chi connectivity index (χ2n) is 5.29. The van der Waals surface area contributed by atoms with Crippen LogP contribution in [0.3, 0.4) is 0 Å². The Balaban J connectivity index is 2.44. The molecule has 1 rings (SSSR count). The fourth-order valence-electron chi connectivity index (χ4n) is 2.61. The molecular formula is C18H29N. The van der Waals surface area contributed by atoms with E-state index in [4.69, 9.17) is 0 Å². The molecule has 0 bridgehead atoms. The van der Waals surface area contributed by atoms with Crippen LogP contribution in [0.15, 0.2) is 43.0 Å². The van der Waals surface area contributed by atoms with Crippen LogP contribution in [-0.4, -0.2) is 12.6 Å². The highest BCUT2D eigenvalue weighted by molar-refractivity contribution is 5.20. The molecule has 0 aliphatic rings. The summed E-state index contributed by atoms with van der Waals surface area (Å²) in [6.07, 6.45) is 8.34. The van der Waals surface area contributed by atoms with Crippen molar-refractivity contribution in [3.8, 4) is 0 Å². The van der Waals surface area contributed by atoms with Crippen LogP contribution < -0.4 is 5.32 Å². The molecule has 1 aromatic carbocycles. The van der Waals surface area contributed by atoms with E-state index >= 15 is 0 Å². The van der Waals surface area contributed by atoms with E-state index < -0.39 is 0 Å². The van der Waals surface area contributed by atoms with E-state index in [9.17, 15) is 0 Å². The molecule has 0 aliphatic heterocycles. The summed E-state index contributed by atoms with van der Waals surface area (Å²) >= 11 is 0. The van der Waals surface area contributed by atoms with Crippen LogP contribution in [0.4, 0.5) is 0 Å².